The molecule has 0 bridgehead atoms. The molecule has 2 aromatic rings. The van der Waals surface area contributed by atoms with Crippen molar-refractivity contribution in [2.75, 3.05) is 18.5 Å². The number of hydrogen-bond donors (Lipinski definition) is 2. The number of hydrogen-bond acceptors (Lipinski definition) is 3. The van der Waals surface area contributed by atoms with Gasteiger partial charge in [0.2, 0.25) is 0 Å². The highest BCUT2D eigenvalue weighted by molar-refractivity contribution is 9.10. The van der Waals surface area contributed by atoms with Crippen molar-refractivity contribution < 1.29 is 14.6 Å². The SMILES string of the molecule is Cc1cc(OCCNc2ccc(Br)cc2C(=O)O)ccc1Cl. The summed E-state index contributed by atoms with van der Waals surface area (Å²) in [6.45, 7) is 2.81. The van der Waals surface area contributed by atoms with Crippen molar-refractivity contribution in [3.05, 3.63) is 57.0 Å². The maximum Gasteiger partial charge on any atom is 0.337 e. The minimum atomic E-state index is -0.974. The van der Waals surface area contributed by atoms with Gasteiger partial charge in [-0.05, 0) is 48.9 Å². The van der Waals surface area contributed by atoms with Crippen LogP contribution in [0.25, 0.3) is 0 Å². The maximum absolute atomic E-state index is 11.2. The molecule has 2 aromatic carbocycles. The molecule has 22 heavy (non-hydrogen) atoms. The zero-order valence-corrected chi connectivity index (χ0v) is 14.2. The van der Waals surface area contributed by atoms with E-state index < -0.39 is 5.97 Å². The molecule has 0 saturated heterocycles. The monoisotopic (exact) mass is 383 g/mol. The van der Waals surface area contributed by atoms with E-state index in [1.54, 1.807) is 30.3 Å². The highest BCUT2D eigenvalue weighted by Crippen LogP contribution is 2.22. The Kier molecular flexibility index (Phi) is 5.69. The largest absolute Gasteiger partial charge is 0.492 e. The standard InChI is InChI=1S/C16H15BrClNO3/c1-10-8-12(3-4-14(10)18)22-7-6-19-15-5-2-11(17)9-13(15)16(20)21/h2-5,8-9,19H,6-7H2,1H3,(H,20,21). The van der Waals surface area contributed by atoms with Crippen LogP contribution in [-0.4, -0.2) is 24.2 Å². The predicted molar refractivity (Wildman–Crippen MR) is 91.3 cm³/mol. The lowest BCUT2D eigenvalue weighted by Gasteiger charge is -2.11. The molecule has 0 spiro atoms. The normalized spacial score (nSPS) is 10.3. The van der Waals surface area contributed by atoms with Crippen LogP contribution < -0.4 is 10.1 Å². The topological polar surface area (TPSA) is 58.6 Å². The van der Waals surface area contributed by atoms with E-state index in [1.807, 2.05) is 13.0 Å². The van der Waals surface area contributed by atoms with E-state index in [0.29, 0.717) is 23.9 Å². The smallest absolute Gasteiger partial charge is 0.337 e. The molecule has 0 amide bonds. The minimum Gasteiger partial charge on any atom is -0.492 e. The average molecular weight is 385 g/mol. The molecule has 116 valence electrons. The van der Waals surface area contributed by atoms with Crippen LogP contribution in [0.15, 0.2) is 40.9 Å². The first kappa shape index (κ1) is 16.6. The molecule has 0 aliphatic rings. The number of halogens is 2. The number of anilines is 1. The van der Waals surface area contributed by atoms with Gasteiger partial charge in [-0.1, -0.05) is 27.5 Å². The van der Waals surface area contributed by atoms with Gasteiger partial charge in [-0.2, -0.15) is 0 Å². The van der Waals surface area contributed by atoms with Crippen molar-refractivity contribution in [3.63, 3.8) is 0 Å². The van der Waals surface area contributed by atoms with E-state index in [1.165, 1.54) is 0 Å². The summed E-state index contributed by atoms with van der Waals surface area (Å²) < 4.78 is 6.34. The molecule has 2 rings (SSSR count). The Morgan fingerprint density at radius 3 is 2.77 bits per heavy atom. The van der Waals surface area contributed by atoms with Crippen LogP contribution >= 0.6 is 27.5 Å². The second kappa shape index (κ2) is 7.51. The first-order valence-corrected chi connectivity index (χ1v) is 7.80. The minimum absolute atomic E-state index is 0.219. The van der Waals surface area contributed by atoms with E-state index in [2.05, 4.69) is 21.2 Å². The van der Waals surface area contributed by atoms with Gasteiger partial charge in [0.15, 0.2) is 0 Å². The van der Waals surface area contributed by atoms with Gasteiger partial charge < -0.3 is 15.2 Å². The third kappa shape index (κ3) is 4.39. The average Bonchev–Trinajstić information content (AvgIpc) is 2.48. The third-order valence-electron chi connectivity index (χ3n) is 3.03. The Morgan fingerprint density at radius 2 is 2.09 bits per heavy atom. The molecule has 2 N–H and O–H groups in total. The molecule has 0 fully saturated rings. The Balaban J connectivity index is 1.91. The van der Waals surface area contributed by atoms with Gasteiger partial charge in [-0.15, -0.1) is 0 Å². The van der Waals surface area contributed by atoms with Crippen molar-refractivity contribution in [1.82, 2.24) is 0 Å². The Morgan fingerprint density at radius 1 is 1.32 bits per heavy atom. The second-order valence-corrected chi connectivity index (χ2v) is 6.00. The lowest BCUT2D eigenvalue weighted by molar-refractivity contribution is 0.0698. The van der Waals surface area contributed by atoms with Gasteiger partial charge in [0.25, 0.3) is 0 Å². The van der Waals surface area contributed by atoms with Crippen LogP contribution in [0.2, 0.25) is 5.02 Å². The lowest BCUT2D eigenvalue weighted by Crippen LogP contribution is -2.14. The molecular formula is C16H15BrClNO3. The Bertz CT molecular complexity index is 691. The molecule has 0 heterocycles. The number of nitrogens with one attached hydrogen (secondary N) is 1. The summed E-state index contributed by atoms with van der Waals surface area (Å²) in [5.41, 5.74) is 1.73. The van der Waals surface area contributed by atoms with E-state index in [-0.39, 0.29) is 5.56 Å². The third-order valence-corrected chi connectivity index (χ3v) is 3.95. The van der Waals surface area contributed by atoms with E-state index in [0.717, 1.165) is 15.8 Å². The molecular weight excluding hydrogens is 370 g/mol. The Hall–Kier alpha value is -1.72. The summed E-state index contributed by atoms with van der Waals surface area (Å²) in [5, 5.41) is 12.9. The summed E-state index contributed by atoms with van der Waals surface area (Å²) in [6.07, 6.45) is 0. The summed E-state index contributed by atoms with van der Waals surface area (Å²) in [5.74, 6) is -0.240. The molecule has 0 radical (unpaired) electrons. The van der Waals surface area contributed by atoms with Crippen molar-refractivity contribution in [2.45, 2.75) is 6.92 Å². The Labute approximate surface area is 142 Å². The van der Waals surface area contributed by atoms with Gasteiger partial charge in [-0.25, -0.2) is 4.79 Å². The summed E-state index contributed by atoms with van der Waals surface area (Å²) in [6, 6.07) is 10.5. The molecule has 0 saturated carbocycles. The molecule has 6 heteroatoms. The van der Waals surface area contributed by atoms with E-state index in [9.17, 15) is 9.90 Å². The van der Waals surface area contributed by atoms with Gasteiger partial charge in [0, 0.05) is 21.7 Å². The van der Waals surface area contributed by atoms with Gasteiger partial charge in [-0.3, -0.25) is 0 Å². The number of aryl methyl sites for hydroxylation is 1. The van der Waals surface area contributed by atoms with Crippen LogP contribution in [0.5, 0.6) is 5.75 Å². The van der Waals surface area contributed by atoms with Gasteiger partial charge >= 0.3 is 5.97 Å². The summed E-state index contributed by atoms with van der Waals surface area (Å²) in [7, 11) is 0. The highest BCUT2D eigenvalue weighted by Gasteiger charge is 2.10. The highest BCUT2D eigenvalue weighted by atomic mass is 79.9. The number of ether oxygens (including phenoxy) is 1. The zero-order chi connectivity index (χ0) is 16.1. The molecule has 0 unspecified atom stereocenters. The molecule has 0 aliphatic carbocycles. The number of carboxylic acids is 1. The predicted octanol–water partition coefficient (Wildman–Crippen LogP) is 4.60. The zero-order valence-electron chi connectivity index (χ0n) is 11.9. The van der Waals surface area contributed by atoms with Crippen LogP contribution in [0, 0.1) is 6.92 Å². The number of carbonyl (C=O) groups is 1. The first-order chi connectivity index (χ1) is 10.5. The fraction of sp³-hybridized carbons (Fsp3) is 0.188. The maximum atomic E-state index is 11.2. The van der Waals surface area contributed by atoms with Crippen molar-refractivity contribution >= 4 is 39.2 Å². The number of benzene rings is 2. The van der Waals surface area contributed by atoms with Gasteiger partial charge in [0.05, 0.1) is 5.56 Å². The lowest BCUT2D eigenvalue weighted by atomic mass is 10.2. The summed E-state index contributed by atoms with van der Waals surface area (Å²) >= 11 is 9.22. The van der Waals surface area contributed by atoms with Crippen molar-refractivity contribution in [1.29, 1.82) is 0 Å². The first-order valence-electron chi connectivity index (χ1n) is 6.63. The van der Waals surface area contributed by atoms with Crippen LogP contribution in [-0.2, 0) is 0 Å². The van der Waals surface area contributed by atoms with E-state index >= 15 is 0 Å². The number of carboxylic acid groups (broad SMARTS) is 1. The fourth-order valence-corrected chi connectivity index (χ4v) is 2.39. The number of rotatable bonds is 6. The van der Waals surface area contributed by atoms with Crippen LogP contribution in [0.1, 0.15) is 15.9 Å². The molecule has 0 aromatic heterocycles. The van der Waals surface area contributed by atoms with Gasteiger partial charge in [0.1, 0.15) is 12.4 Å². The molecule has 0 aliphatic heterocycles. The fourth-order valence-electron chi connectivity index (χ4n) is 1.91. The number of aromatic carboxylic acids is 1. The summed E-state index contributed by atoms with van der Waals surface area (Å²) in [4.78, 5) is 11.2. The molecule has 4 nitrogen and oxygen atoms in total. The van der Waals surface area contributed by atoms with Crippen molar-refractivity contribution in [2.24, 2.45) is 0 Å². The quantitative estimate of drug-likeness (QED) is 0.715. The van der Waals surface area contributed by atoms with Crippen LogP contribution in [0.4, 0.5) is 5.69 Å². The van der Waals surface area contributed by atoms with E-state index in [4.69, 9.17) is 16.3 Å². The second-order valence-electron chi connectivity index (χ2n) is 4.68. The van der Waals surface area contributed by atoms with Crippen molar-refractivity contribution in [3.8, 4) is 5.75 Å². The molecule has 0 atom stereocenters. The van der Waals surface area contributed by atoms with Crippen LogP contribution in [0.3, 0.4) is 0 Å².